The quantitative estimate of drug-likeness (QED) is 0.827. The third kappa shape index (κ3) is 3.97. The predicted molar refractivity (Wildman–Crippen MR) is 93.9 cm³/mol. The molecule has 1 unspecified atom stereocenters. The molecule has 0 bridgehead atoms. The van der Waals surface area contributed by atoms with Gasteiger partial charge in [0.2, 0.25) is 12.7 Å². The van der Waals surface area contributed by atoms with Gasteiger partial charge in [0.1, 0.15) is 0 Å². The molecule has 1 atom stereocenters. The monoisotopic (exact) mass is 347 g/mol. The summed E-state index contributed by atoms with van der Waals surface area (Å²) in [6.07, 6.45) is 2.24. The largest absolute Gasteiger partial charge is 0.454 e. The van der Waals surface area contributed by atoms with Gasteiger partial charge < -0.3 is 25.0 Å². The van der Waals surface area contributed by atoms with Gasteiger partial charge in [-0.15, -0.1) is 0 Å². The van der Waals surface area contributed by atoms with Gasteiger partial charge in [0.25, 0.3) is 0 Å². The number of anilines is 1. The maximum atomic E-state index is 12.3. The van der Waals surface area contributed by atoms with Gasteiger partial charge in [0, 0.05) is 43.2 Å². The summed E-state index contributed by atoms with van der Waals surface area (Å²) in [7, 11) is 0. The summed E-state index contributed by atoms with van der Waals surface area (Å²) in [5, 5.41) is 5.83. The van der Waals surface area contributed by atoms with Crippen LogP contribution in [0.1, 0.15) is 33.1 Å². The fraction of sp³-hybridized carbons (Fsp3) is 0.556. The summed E-state index contributed by atoms with van der Waals surface area (Å²) in [5.74, 6) is 1.53. The molecule has 7 nitrogen and oxygen atoms in total. The molecule has 2 heterocycles. The molecule has 1 aromatic rings. The van der Waals surface area contributed by atoms with Gasteiger partial charge in [0.05, 0.1) is 0 Å². The standard InChI is InChI=1S/C18H25N3O4/c1-3-13(4-2)20-18(23)19-9-12-7-17(22)21(10-12)14-5-6-15-16(8-14)25-11-24-15/h5-6,8,12-13H,3-4,7,9-11H2,1-2H3,(H2,19,20,23). The van der Waals surface area contributed by atoms with E-state index in [9.17, 15) is 9.59 Å². The van der Waals surface area contributed by atoms with E-state index < -0.39 is 0 Å². The fourth-order valence-electron chi connectivity index (χ4n) is 3.19. The lowest BCUT2D eigenvalue weighted by atomic mass is 10.1. The van der Waals surface area contributed by atoms with E-state index in [1.807, 2.05) is 32.0 Å². The first-order valence-corrected chi connectivity index (χ1v) is 8.85. The Labute approximate surface area is 147 Å². The second kappa shape index (κ2) is 7.63. The summed E-state index contributed by atoms with van der Waals surface area (Å²) >= 11 is 0. The zero-order chi connectivity index (χ0) is 17.8. The number of carbonyl (C=O) groups excluding carboxylic acids is 2. The maximum Gasteiger partial charge on any atom is 0.315 e. The van der Waals surface area contributed by atoms with Gasteiger partial charge in [-0.3, -0.25) is 4.79 Å². The molecule has 0 aliphatic carbocycles. The van der Waals surface area contributed by atoms with Crippen LogP contribution in [0.15, 0.2) is 18.2 Å². The van der Waals surface area contributed by atoms with Crippen LogP contribution in [0.3, 0.4) is 0 Å². The highest BCUT2D eigenvalue weighted by molar-refractivity contribution is 5.96. The summed E-state index contributed by atoms with van der Waals surface area (Å²) < 4.78 is 10.7. The van der Waals surface area contributed by atoms with Gasteiger partial charge >= 0.3 is 6.03 Å². The number of hydrogen-bond donors (Lipinski definition) is 2. The highest BCUT2D eigenvalue weighted by Gasteiger charge is 2.31. The molecular formula is C18H25N3O4. The van der Waals surface area contributed by atoms with Crippen LogP contribution >= 0.6 is 0 Å². The van der Waals surface area contributed by atoms with Crippen molar-refractivity contribution < 1.29 is 19.1 Å². The van der Waals surface area contributed by atoms with Gasteiger partial charge in [-0.2, -0.15) is 0 Å². The average molecular weight is 347 g/mol. The highest BCUT2D eigenvalue weighted by atomic mass is 16.7. The van der Waals surface area contributed by atoms with Crippen LogP contribution in [0.5, 0.6) is 11.5 Å². The Morgan fingerprint density at radius 2 is 2.04 bits per heavy atom. The first-order chi connectivity index (χ1) is 12.1. The number of urea groups is 1. The van der Waals surface area contributed by atoms with Crippen molar-refractivity contribution in [2.45, 2.75) is 39.2 Å². The number of fused-ring (bicyclic) bond motifs is 1. The number of nitrogens with one attached hydrogen (secondary N) is 2. The molecule has 136 valence electrons. The molecule has 2 aliphatic heterocycles. The van der Waals surface area contributed by atoms with Crippen molar-refractivity contribution >= 4 is 17.6 Å². The van der Waals surface area contributed by atoms with Crippen molar-refractivity contribution in [1.82, 2.24) is 10.6 Å². The summed E-state index contributed by atoms with van der Waals surface area (Å²) in [5.41, 5.74) is 0.804. The molecule has 1 saturated heterocycles. The third-order valence-corrected chi connectivity index (χ3v) is 4.75. The second-order valence-corrected chi connectivity index (χ2v) is 6.48. The van der Waals surface area contributed by atoms with Crippen molar-refractivity contribution in [3.8, 4) is 11.5 Å². The number of carbonyl (C=O) groups is 2. The van der Waals surface area contributed by atoms with E-state index in [2.05, 4.69) is 10.6 Å². The van der Waals surface area contributed by atoms with Crippen molar-refractivity contribution in [3.05, 3.63) is 18.2 Å². The lowest BCUT2D eigenvalue weighted by Gasteiger charge is -2.18. The lowest BCUT2D eigenvalue weighted by Crippen LogP contribution is -2.43. The predicted octanol–water partition coefficient (Wildman–Crippen LogP) is 2.26. The molecule has 1 aromatic carbocycles. The Bertz CT molecular complexity index is 645. The fourth-order valence-corrected chi connectivity index (χ4v) is 3.19. The Kier molecular flexibility index (Phi) is 5.31. The third-order valence-electron chi connectivity index (χ3n) is 4.75. The number of rotatable bonds is 6. The van der Waals surface area contributed by atoms with Crippen molar-refractivity contribution in [2.75, 3.05) is 24.8 Å². The van der Waals surface area contributed by atoms with E-state index in [0.29, 0.717) is 31.0 Å². The maximum absolute atomic E-state index is 12.3. The van der Waals surface area contributed by atoms with Crippen molar-refractivity contribution in [1.29, 1.82) is 0 Å². The summed E-state index contributed by atoms with van der Waals surface area (Å²) in [6.45, 7) is 5.38. The van der Waals surface area contributed by atoms with Crippen LogP contribution in [-0.2, 0) is 4.79 Å². The molecule has 3 rings (SSSR count). The van der Waals surface area contributed by atoms with Crippen LogP contribution in [0.2, 0.25) is 0 Å². The first kappa shape index (κ1) is 17.4. The number of benzene rings is 1. The minimum Gasteiger partial charge on any atom is -0.454 e. The van der Waals surface area contributed by atoms with Crippen LogP contribution < -0.4 is 25.0 Å². The molecule has 25 heavy (non-hydrogen) atoms. The Hall–Kier alpha value is -2.44. The number of nitrogens with zero attached hydrogens (tertiary/aromatic N) is 1. The smallest absolute Gasteiger partial charge is 0.315 e. The minimum atomic E-state index is -0.164. The van der Waals surface area contributed by atoms with Gasteiger partial charge in [-0.05, 0) is 25.0 Å². The Morgan fingerprint density at radius 3 is 2.80 bits per heavy atom. The van der Waals surface area contributed by atoms with Crippen molar-refractivity contribution in [2.24, 2.45) is 5.92 Å². The van der Waals surface area contributed by atoms with E-state index in [0.717, 1.165) is 18.5 Å². The van der Waals surface area contributed by atoms with Gasteiger partial charge in [-0.25, -0.2) is 4.79 Å². The summed E-state index contributed by atoms with van der Waals surface area (Å²) in [4.78, 5) is 26.0. The van der Waals surface area contributed by atoms with Crippen LogP contribution in [0.25, 0.3) is 0 Å². The molecule has 2 aliphatic rings. The van der Waals surface area contributed by atoms with Crippen LogP contribution in [-0.4, -0.2) is 37.9 Å². The van der Waals surface area contributed by atoms with Gasteiger partial charge in [0.15, 0.2) is 11.5 Å². The molecule has 7 heteroatoms. The molecule has 2 N–H and O–H groups in total. The number of ether oxygens (including phenoxy) is 2. The van der Waals surface area contributed by atoms with Gasteiger partial charge in [-0.1, -0.05) is 13.8 Å². The van der Waals surface area contributed by atoms with E-state index in [4.69, 9.17) is 9.47 Å². The van der Waals surface area contributed by atoms with Crippen LogP contribution in [0.4, 0.5) is 10.5 Å². The Morgan fingerprint density at radius 1 is 1.28 bits per heavy atom. The van der Waals surface area contributed by atoms with E-state index in [-0.39, 0.29) is 30.7 Å². The molecule has 0 radical (unpaired) electrons. The van der Waals surface area contributed by atoms with Crippen molar-refractivity contribution in [3.63, 3.8) is 0 Å². The average Bonchev–Trinajstić information content (AvgIpc) is 3.23. The normalized spacial score (nSPS) is 18.8. The number of hydrogen-bond acceptors (Lipinski definition) is 4. The minimum absolute atomic E-state index is 0.0612. The second-order valence-electron chi connectivity index (χ2n) is 6.48. The zero-order valence-electron chi connectivity index (χ0n) is 14.7. The molecule has 0 spiro atoms. The molecule has 0 saturated carbocycles. The first-order valence-electron chi connectivity index (χ1n) is 8.85. The van der Waals surface area contributed by atoms with E-state index in [1.54, 1.807) is 4.90 Å². The van der Waals surface area contributed by atoms with E-state index in [1.165, 1.54) is 0 Å². The molecular weight excluding hydrogens is 322 g/mol. The van der Waals surface area contributed by atoms with E-state index >= 15 is 0 Å². The zero-order valence-corrected chi connectivity index (χ0v) is 14.7. The highest BCUT2D eigenvalue weighted by Crippen LogP contribution is 2.37. The van der Waals surface area contributed by atoms with Crippen LogP contribution in [0, 0.1) is 5.92 Å². The topological polar surface area (TPSA) is 79.9 Å². The lowest BCUT2D eigenvalue weighted by molar-refractivity contribution is -0.117. The molecule has 1 fully saturated rings. The SMILES string of the molecule is CCC(CC)NC(=O)NCC1CC(=O)N(c2ccc3c(c2)OCO3)C1. The number of amides is 3. The molecule has 0 aromatic heterocycles. The molecule has 3 amide bonds. The Balaban J connectivity index is 1.53. The summed E-state index contributed by atoms with van der Waals surface area (Å²) in [6, 6.07) is 5.54.